The monoisotopic (exact) mass is 406 g/mol. The Kier molecular flexibility index (Phi) is 4.83. The van der Waals surface area contributed by atoms with Crippen molar-refractivity contribution in [3.05, 3.63) is 30.4 Å². The van der Waals surface area contributed by atoms with Crippen LogP contribution in [-0.2, 0) is 9.53 Å². The minimum absolute atomic E-state index is 0.0640. The number of anilines is 2. The maximum atomic E-state index is 12.2. The summed E-state index contributed by atoms with van der Waals surface area (Å²) < 4.78 is 5.46. The van der Waals surface area contributed by atoms with Gasteiger partial charge in [0.25, 0.3) is 0 Å². The number of fused-ring (bicyclic) bond motifs is 1. The van der Waals surface area contributed by atoms with E-state index in [1.165, 1.54) is 6.33 Å². The highest BCUT2D eigenvalue weighted by molar-refractivity contribution is 5.99. The lowest BCUT2D eigenvalue weighted by Gasteiger charge is -2.33. The largest absolute Gasteiger partial charge is 0.381 e. The average molecular weight is 406 g/mol. The summed E-state index contributed by atoms with van der Waals surface area (Å²) in [5, 5.41) is 9.53. The number of aromatic amines is 1. The van der Waals surface area contributed by atoms with Gasteiger partial charge < -0.3 is 15.0 Å². The molecular weight excluding hydrogens is 384 g/mol. The highest BCUT2D eigenvalue weighted by atomic mass is 16.5. The fraction of sp³-hybridized carbons (Fsp3) is 0.400. The van der Waals surface area contributed by atoms with Crippen LogP contribution in [0, 0.1) is 12.8 Å². The van der Waals surface area contributed by atoms with Gasteiger partial charge in [0.1, 0.15) is 12.0 Å². The van der Waals surface area contributed by atoms with Crippen LogP contribution in [0.2, 0.25) is 0 Å². The molecule has 2 aliphatic heterocycles. The van der Waals surface area contributed by atoms with Gasteiger partial charge in [-0.2, -0.15) is 5.10 Å². The first-order valence-electron chi connectivity index (χ1n) is 9.99. The van der Waals surface area contributed by atoms with Crippen LogP contribution >= 0.6 is 0 Å². The first-order valence-corrected chi connectivity index (χ1v) is 9.99. The van der Waals surface area contributed by atoms with Crippen molar-refractivity contribution in [2.75, 3.05) is 36.5 Å². The average Bonchev–Trinajstić information content (AvgIpc) is 3.29. The minimum atomic E-state index is -0.0640. The predicted octanol–water partition coefficient (Wildman–Crippen LogP) is 1.82. The highest BCUT2D eigenvalue weighted by Crippen LogP contribution is 2.31. The Balaban J connectivity index is 1.46. The molecule has 10 heteroatoms. The van der Waals surface area contributed by atoms with E-state index in [0.29, 0.717) is 29.1 Å². The number of ether oxygens (including phenoxy) is 1. The van der Waals surface area contributed by atoms with E-state index in [9.17, 15) is 4.79 Å². The molecule has 0 saturated carbocycles. The zero-order chi connectivity index (χ0) is 20.5. The van der Waals surface area contributed by atoms with Crippen LogP contribution in [0.15, 0.2) is 24.8 Å². The summed E-state index contributed by atoms with van der Waals surface area (Å²) in [6.45, 7) is 4.59. The number of nitrogens with zero attached hydrogens (tertiary/aromatic N) is 6. The van der Waals surface area contributed by atoms with Gasteiger partial charge in [0.2, 0.25) is 5.91 Å². The van der Waals surface area contributed by atoms with Crippen LogP contribution in [-0.4, -0.2) is 62.3 Å². The Morgan fingerprint density at radius 2 is 2.03 bits per heavy atom. The number of aryl methyl sites for hydroxylation is 1. The fourth-order valence-corrected chi connectivity index (χ4v) is 3.91. The lowest BCUT2D eigenvalue weighted by molar-refractivity contribution is -0.115. The van der Waals surface area contributed by atoms with Crippen LogP contribution in [0.3, 0.4) is 0 Å². The van der Waals surface area contributed by atoms with Crippen molar-refractivity contribution in [1.29, 1.82) is 0 Å². The van der Waals surface area contributed by atoms with Crippen LogP contribution in [0.5, 0.6) is 0 Å². The molecule has 1 fully saturated rings. The van der Waals surface area contributed by atoms with E-state index in [0.717, 1.165) is 49.4 Å². The number of carbonyl (C=O) groups excluding carboxylic acids is 1. The van der Waals surface area contributed by atoms with Crippen molar-refractivity contribution >= 4 is 17.5 Å². The Morgan fingerprint density at radius 3 is 2.80 bits per heavy atom. The van der Waals surface area contributed by atoms with Gasteiger partial charge in [-0.15, -0.1) is 0 Å². The molecule has 5 rings (SSSR count). The number of pyridine rings is 1. The van der Waals surface area contributed by atoms with Gasteiger partial charge in [0, 0.05) is 31.5 Å². The van der Waals surface area contributed by atoms with Gasteiger partial charge >= 0.3 is 0 Å². The molecule has 3 aromatic heterocycles. The van der Waals surface area contributed by atoms with E-state index < -0.39 is 0 Å². The summed E-state index contributed by atoms with van der Waals surface area (Å²) in [7, 11) is 0. The molecule has 1 saturated heterocycles. The Hall–Kier alpha value is -3.40. The van der Waals surface area contributed by atoms with Crippen molar-refractivity contribution in [3.63, 3.8) is 0 Å². The van der Waals surface area contributed by atoms with Gasteiger partial charge in [0.05, 0.1) is 18.4 Å². The lowest BCUT2D eigenvalue weighted by Crippen LogP contribution is -2.42. The number of amides is 1. The molecule has 0 aliphatic carbocycles. The first-order chi connectivity index (χ1) is 14.7. The lowest BCUT2D eigenvalue weighted by atomic mass is 9.99. The second kappa shape index (κ2) is 7.79. The van der Waals surface area contributed by atoms with Crippen LogP contribution < -0.4 is 10.2 Å². The molecule has 0 atom stereocenters. The Labute approximate surface area is 173 Å². The van der Waals surface area contributed by atoms with Gasteiger partial charge in [-0.1, -0.05) is 0 Å². The third-order valence-corrected chi connectivity index (χ3v) is 5.51. The molecule has 3 aromatic rings. The molecule has 0 spiro atoms. The Bertz CT molecular complexity index is 1060. The predicted molar refractivity (Wildman–Crippen MR) is 110 cm³/mol. The van der Waals surface area contributed by atoms with Crippen molar-refractivity contribution in [1.82, 2.24) is 30.1 Å². The number of hydrogen-bond acceptors (Lipinski definition) is 8. The zero-order valence-corrected chi connectivity index (χ0v) is 16.6. The number of H-pyrrole nitrogens is 1. The second-order valence-electron chi connectivity index (χ2n) is 7.63. The number of aromatic nitrogens is 6. The van der Waals surface area contributed by atoms with Gasteiger partial charge in [-0.3, -0.25) is 14.9 Å². The van der Waals surface area contributed by atoms with Crippen LogP contribution in [0.25, 0.3) is 22.8 Å². The quantitative estimate of drug-likeness (QED) is 0.673. The fourth-order valence-electron chi connectivity index (χ4n) is 3.91. The van der Waals surface area contributed by atoms with Crippen LogP contribution in [0.1, 0.15) is 18.4 Å². The van der Waals surface area contributed by atoms with Crippen LogP contribution in [0.4, 0.5) is 11.6 Å². The molecule has 0 radical (unpaired) electrons. The number of nitrogens with one attached hydrogen (secondary N) is 2. The van der Waals surface area contributed by atoms with E-state index in [1.54, 1.807) is 12.4 Å². The molecule has 10 nitrogen and oxygen atoms in total. The topological polar surface area (TPSA) is 122 Å². The van der Waals surface area contributed by atoms with Gasteiger partial charge in [0.15, 0.2) is 17.5 Å². The van der Waals surface area contributed by atoms with E-state index in [2.05, 4.69) is 30.5 Å². The van der Waals surface area contributed by atoms with E-state index in [1.807, 2.05) is 17.9 Å². The first kappa shape index (κ1) is 18.6. The normalized spacial score (nSPS) is 17.0. The molecule has 0 unspecified atom stereocenters. The summed E-state index contributed by atoms with van der Waals surface area (Å²) in [4.78, 5) is 32.2. The molecule has 5 heterocycles. The summed E-state index contributed by atoms with van der Waals surface area (Å²) in [6, 6.07) is 1.94. The zero-order valence-electron chi connectivity index (χ0n) is 16.6. The Morgan fingerprint density at radius 1 is 1.17 bits per heavy atom. The minimum Gasteiger partial charge on any atom is -0.381 e. The van der Waals surface area contributed by atoms with Crippen molar-refractivity contribution < 1.29 is 9.53 Å². The van der Waals surface area contributed by atoms with E-state index >= 15 is 0 Å². The standard InChI is InChI=1S/C20H22N8O2/c1-12-6-15(18-23-11-24-27-18)21-7-14(12)16-8-22-19-20(25-16)28(10-17(29)26-19)9-13-2-4-30-5-3-13/h6-8,11,13H,2-5,9-10H2,1H3,(H,22,26,29)(H,23,24,27). The number of rotatable bonds is 4. The van der Waals surface area contributed by atoms with E-state index in [-0.39, 0.29) is 12.5 Å². The summed E-state index contributed by atoms with van der Waals surface area (Å²) in [6.07, 6.45) is 6.89. The van der Waals surface area contributed by atoms with Gasteiger partial charge in [-0.05, 0) is 37.3 Å². The third-order valence-electron chi connectivity index (χ3n) is 5.51. The smallest absolute Gasteiger partial charge is 0.245 e. The van der Waals surface area contributed by atoms with E-state index in [4.69, 9.17) is 9.72 Å². The molecular formula is C20H22N8O2. The maximum Gasteiger partial charge on any atom is 0.245 e. The molecule has 30 heavy (non-hydrogen) atoms. The number of hydrogen-bond donors (Lipinski definition) is 2. The number of carbonyl (C=O) groups is 1. The summed E-state index contributed by atoms with van der Waals surface area (Å²) in [5.74, 6) is 2.24. The molecule has 154 valence electrons. The summed E-state index contributed by atoms with van der Waals surface area (Å²) >= 11 is 0. The van der Waals surface area contributed by atoms with Crippen molar-refractivity contribution in [3.8, 4) is 22.8 Å². The highest BCUT2D eigenvalue weighted by Gasteiger charge is 2.28. The molecule has 1 amide bonds. The molecule has 0 bridgehead atoms. The molecule has 2 aliphatic rings. The second-order valence-corrected chi connectivity index (χ2v) is 7.63. The molecule has 2 N–H and O–H groups in total. The van der Waals surface area contributed by atoms with Gasteiger partial charge in [-0.25, -0.2) is 15.0 Å². The van der Waals surface area contributed by atoms with Crippen molar-refractivity contribution in [2.45, 2.75) is 19.8 Å². The third kappa shape index (κ3) is 3.61. The summed E-state index contributed by atoms with van der Waals surface area (Å²) in [5.41, 5.74) is 3.32. The maximum absolute atomic E-state index is 12.2. The van der Waals surface area contributed by atoms with Crippen molar-refractivity contribution in [2.24, 2.45) is 5.92 Å². The SMILES string of the molecule is Cc1cc(-c2ncn[nH]2)ncc1-c1cnc2c(n1)N(CC1CCOCC1)CC(=O)N2. The molecule has 0 aromatic carbocycles.